The second-order valence-corrected chi connectivity index (χ2v) is 4.31. The highest BCUT2D eigenvalue weighted by Crippen LogP contribution is 2.13. The Labute approximate surface area is 101 Å². The third kappa shape index (κ3) is 4.40. The maximum atomic E-state index is 12.9. The monoisotopic (exact) mass is 243 g/mol. The molecule has 96 valence electrons. The molecule has 0 amide bonds. The zero-order chi connectivity index (χ0) is 12.9. The molecule has 0 spiro atoms. The molecule has 4 heteroatoms. The highest BCUT2D eigenvalue weighted by Gasteiger charge is 2.21. The average Bonchev–Trinajstić information content (AvgIpc) is 2.27. The molecule has 0 aliphatic heterocycles. The fourth-order valence-corrected chi connectivity index (χ4v) is 1.65. The molecule has 0 saturated carbocycles. The van der Waals surface area contributed by atoms with E-state index >= 15 is 0 Å². The first-order chi connectivity index (χ1) is 7.99. The van der Waals surface area contributed by atoms with Crippen molar-refractivity contribution in [3.8, 4) is 0 Å². The normalized spacial score (nSPS) is 11.8. The van der Waals surface area contributed by atoms with Crippen LogP contribution in [0.1, 0.15) is 32.3 Å². The van der Waals surface area contributed by atoms with Crippen LogP contribution < -0.4 is 5.32 Å². The van der Waals surface area contributed by atoms with Gasteiger partial charge in [-0.25, -0.2) is 8.78 Å². The molecule has 0 bridgehead atoms. The van der Waals surface area contributed by atoms with Gasteiger partial charge in [-0.05, 0) is 30.5 Å². The number of hydrogen-bond acceptors (Lipinski definition) is 2. The minimum atomic E-state index is -0.744. The molecule has 0 saturated heterocycles. The molecule has 1 rings (SSSR count). The van der Waals surface area contributed by atoms with E-state index in [-0.39, 0.29) is 0 Å². The van der Waals surface area contributed by atoms with Gasteiger partial charge in [-0.3, -0.25) is 0 Å². The van der Waals surface area contributed by atoms with Gasteiger partial charge in [0, 0.05) is 19.2 Å². The lowest BCUT2D eigenvalue weighted by molar-refractivity contribution is 0.0323. The Morgan fingerprint density at radius 2 is 1.65 bits per heavy atom. The molecule has 0 fully saturated rings. The number of rotatable bonds is 6. The van der Waals surface area contributed by atoms with Gasteiger partial charge in [0.1, 0.15) is 11.6 Å². The fourth-order valence-electron chi connectivity index (χ4n) is 1.65. The second kappa shape index (κ2) is 6.07. The van der Waals surface area contributed by atoms with Gasteiger partial charge in [0.25, 0.3) is 0 Å². The van der Waals surface area contributed by atoms with Crippen molar-refractivity contribution in [2.24, 2.45) is 0 Å². The van der Waals surface area contributed by atoms with Gasteiger partial charge in [-0.15, -0.1) is 0 Å². The Morgan fingerprint density at radius 1 is 1.12 bits per heavy atom. The highest BCUT2D eigenvalue weighted by atomic mass is 19.1. The van der Waals surface area contributed by atoms with Gasteiger partial charge in [0.05, 0.1) is 5.60 Å². The summed E-state index contributed by atoms with van der Waals surface area (Å²) in [6.45, 7) is 4.58. The first kappa shape index (κ1) is 14.1. The summed E-state index contributed by atoms with van der Waals surface area (Å²) in [5.41, 5.74) is -0.205. The molecule has 17 heavy (non-hydrogen) atoms. The summed E-state index contributed by atoms with van der Waals surface area (Å²) in [4.78, 5) is 0. The van der Waals surface area contributed by atoms with Crippen molar-refractivity contribution in [3.05, 3.63) is 35.4 Å². The van der Waals surface area contributed by atoms with Crippen molar-refractivity contribution < 1.29 is 13.9 Å². The van der Waals surface area contributed by atoms with Gasteiger partial charge >= 0.3 is 0 Å². The molecule has 2 nitrogen and oxygen atoms in total. The van der Waals surface area contributed by atoms with E-state index < -0.39 is 17.2 Å². The van der Waals surface area contributed by atoms with Gasteiger partial charge in [-0.1, -0.05) is 13.8 Å². The van der Waals surface area contributed by atoms with Gasteiger partial charge in [0.2, 0.25) is 0 Å². The Morgan fingerprint density at radius 3 is 2.12 bits per heavy atom. The molecular weight excluding hydrogens is 224 g/mol. The lowest BCUT2D eigenvalue weighted by Crippen LogP contribution is -2.39. The largest absolute Gasteiger partial charge is 0.389 e. The predicted molar refractivity (Wildman–Crippen MR) is 63.6 cm³/mol. The summed E-state index contributed by atoms with van der Waals surface area (Å²) in [6, 6.07) is 3.41. The van der Waals surface area contributed by atoms with Gasteiger partial charge in [0.15, 0.2) is 0 Å². The smallest absolute Gasteiger partial charge is 0.126 e. The number of benzene rings is 1. The summed E-state index contributed by atoms with van der Waals surface area (Å²) in [5, 5.41) is 13.0. The third-order valence-electron chi connectivity index (χ3n) is 3.02. The van der Waals surface area contributed by atoms with Crippen molar-refractivity contribution >= 4 is 0 Å². The maximum Gasteiger partial charge on any atom is 0.126 e. The summed E-state index contributed by atoms with van der Waals surface area (Å²) < 4.78 is 25.8. The number of halogens is 2. The van der Waals surface area contributed by atoms with Crippen molar-refractivity contribution in [1.82, 2.24) is 5.32 Å². The molecule has 0 heterocycles. The van der Waals surface area contributed by atoms with Gasteiger partial charge in [-0.2, -0.15) is 0 Å². The quantitative estimate of drug-likeness (QED) is 0.805. The van der Waals surface area contributed by atoms with E-state index in [0.29, 0.717) is 31.5 Å². The number of hydrogen-bond donors (Lipinski definition) is 2. The van der Waals surface area contributed by atoms with Crippen LogP contribution in [0.25, 0.3) is 0 Å². The van der Waals surface area contributed by atoms with Crippen molar-refractivity contribution in [3.63, 3.8) is 0 Å². The summed E-state index contributed by atoms with van der Waals surface area (Å²) >= 11 is 0. The molecule has 0 unspecified atom stereocenters. The molecule has 1 aromatic rings. The van der Waals surface area contributed by atoms with Gasteiger partial charge < -0.3 is 10.4 Å². The lowest BCUT2D eigenvalue weighted by Gasteiger charge is -2.25. The minimum absolute atomic E-state index is 0.344. The Kier molecular flexibility index (Phi) is 5.02. The van der Waals surface area contributed by atoms with Crippen molar-refractivity contribution in [2.45, 2.75) is 38.8 Å². The van der Waals surface area contributed by atoms with Crippen molar-refractivity contribution in [1.29, 1.82) is 0 Å². The Hall–Kier alpha value is -1.00. The van der Waals surface area contributed by atoms with E-state index in [2.05, 4.69) is 5.32 Å². The molecule has 0 aliphatic rings. The van der Waals surface area contributed by atoms with E-state index in [4.69, 9.17) is 0 Å². The van der Waals surface area contributed by atoms with E-state index in [0.717, 1.165) is 6.07 Å². The maximum absolute atomic E-state index is 12.9. The zero-order valence-corrected chi connectivity index (χ0v) is 10.3. The first-order valence-electron chi connectivity index (χ1n) is 5.87. The topological polar surface area (TPSA) is 32.3 Å². The van der Waals surface area contributed by atoms with E-state index in [1.54, 1.807) is 0 Å². The molecule has 0 atom stereocenters. The van der Waals surface area contributed by atoms with E-state index in [9.17, 15) is 13.9 Å². The van der Waals surface area contributed by atoms with Crippen LogP contribution >= 0.6 is 0 Å². The predicted octanol–water partition coefficient (Wildman–Crippen LogP) is 2.61. The molecule has 0 aromatic heterocycles. The Bertz CT molecular complexity index is 344. The summed E-state index contributed by atoms with van der Waals surface area (Å²) in [5.74, 6) is -1.16. The van der Waals surface area contributed by atoms with Crippen LogP contribution in [0.3, 0.4) is 0 Å². The standard InChI is InChI=1S/C13H19F2NO/c1-3-13(17,4-2)9-16-8-10-5-11(14)7-12(15)6-10/h5-7,16-17H,3-4,8-9H2,1-2H3. The van der Waals surface area contributed by atoms with Crippen LogP contribution in [0.2, 0.25) is 0 Å². The van der Waals surface area contributed by atoms with Crippen LogP contribution in [0.4, 0.5) is 8.78 Å². The van der Waals surface area contributed by atoms with Crippen LogP contribution in [0, 0.1) is 11.6 Å². The lowest BCUT2D eigenvalue weighted by atomic mass is 9.97. The first-order valence-corrected chi connectivity index (χ1v) is 5.87. The average molecular weight is 243 g/mol. The molecule has 2 N–H and O–H groups in total. The SMILES string of the molecule is CCC(O)(CC)CNCc1cc(F)cc(F)c1. The molecule has 1 aromatic carbocycles. The van der Waals surface area contributed by atoms with E-state index in [1.807, 2.05) is 13.8 Å². The summed E-state index contributed by atoms with van der Waals surface area (Å²) in [6.07, 6.45) is 1.29. The fraction of sp³-hybridized carbons (Fsp3) is 0.538. The minimum Gasteiger partial charge on any atom is -0.389 e. The van der Waals surface area contributed by atoms with Crippen LogP contribution in [-0.4, -0.2) is 17.3 Å². The number of aliphatic hydroxyl groups is 1. The van der Waals surface area contributed by atoms with Crippen LogP contribution in [0.5, 0.6) is 0 Å². The van der Waals surface area contributed by atoms with Crippen molar-refractivity contribution in [2.75, 3.05) is 6.54 Å². The number of nitrogens with one attached hydrogen (secondary N) is 1. The molecule has 0 aliphatic carbocycles. The van der Waals surface area contributed by atoms with E-state index in [1.165, 1.54) is 12.1 Å². The molecular formula is C13H19F2NO. The third-order valence-corrected chi connectivity index (χ3v) is 3.02. The molecule has 0 radical (unpaired) electrons. The second-order valence-electron chi connectivity index (χ2n) is 4.31. The van der Waals surface area contributed by atoms with Crippen LogP contribution in [0.15, 0.2) is 18.2 Å². The summed E-state index contributed by atoms with van der Waals surface area (Å²) in [7, 11) is 0. The van der Waals surface area contributed by atoms with Crippen LogP contribution in [-0.2, 0) is 6.54 Å². The zero-order valence-electron chi connectivity index (χ0n) is 10.3. The Balaban J connectivity index is 2.51. The highest BCUT2D eigenvalue weighted by molar-refractivity contribution is 5.17.